The van der Waals surface area contributed by atoms with Crippen molar-refractivity contribution in [3.05, 3.63) is 60.7 Å². The molecule has 35 heavy (non-hydrogen) atoms. The van der Waals surface area contributed by atoms with Gasteiger partial charge in [0.1, 0.15) is 12.2 Å². The molecule has 0 bridgehead atoms. The molecule has 188 valence electrons. The van der Waals surface area contributed by atoms with Gasteiger partial charge in [-0.1, -0.05) is 81.4 Å². The van der Waals surface area contributed by atoms with Gasteiger partial charge in [-0.15, -0.1) is 0 Å². The van der Waals surface area contributed by atoms with Crippen LogP contribution in [0.4, 0.5) is 9.18 Å². The highest BCUT2D eigenvalue weighted by Gasteiger charge is 2.59. The van der Waals surface area contributed by atoms with Crippen molar-refractivity contribution < 1.29 is 28.2 Å². The largest absolute Gasteiger partial charge is 0.405 e. The summed E-state index contributed by atoms with van der Waals surface area (Å²) in [5, 5.41) is 14.9. The van der Waals surface area contributed by atoms with E-state index in [0.29, 0.717) is 0 Å². The molecule has 2 aliphatic rings. The Balaban J connectivity index is 1.65. The topological polar surface area (TPSA) is 88.1 Å². The molecular weight excluding hydrogens is 467 g/mol. The van der Waals surface area contributed by atoms with E-state index in [4.69, 9.17) is 9.16 Å². The van der Waals surface area contributed by atoms with Crippen molar-refractivity contribution in [2.24, 2.45) is 0 Å². The van der Waals surface area contributed by atoms with Crippen molar-refractivity contribution in [2.45, 2.75) is 63.3 Å². The number of imide groups is 1. The first kappa shape index (κ1) is 25.5. The zero-order chi connectivity index (χ0) is 25.4. The van der Waals surface area contributed by atoms with Crippen molar-refractivity contribution in [3.8, 4) is 0 Å². The summed E-state index contributed by atoms with van der Waals surface area (Å²) in [4.78, 5) is 25.0. The van der Waals surface area contributed by atoms with Crippen LogP contribution in [0.15, 0.2) is 60.7 Å². The Morgan fingerprint density at radius 1 is 1.11 bits per heavy atom. The first-order valence-electron chi connectivity index (χ1n) is 11.9. The number of urea groups is 1. The average molecular weight is 501 g/mol. The van der Waals surface area contributed by atoms with E-state index < -0.39 is 44.4 Å². The second-order valence-corrected chi connectivity index (χ2v) is 14.7. The maximum atomic E-state index is 15.7. The van der Waals surface area contributed by atoms with Gasteiger partial charge in [-0.05, 0) is 22.3 Å². The highest BCUT2D eigenvalue weighted by atomic mass is 28.4. The molecule has 2 heterocycles. The predicted octanol–water partition coefficient (Wildman–Crippen LogP) is 2.32. The number of aliphatic hydroxyl groups excluding tert-OH is 1. The fourth-order valence-electron chi connectivity index (χ4n) is 5.16. The summed E-state index contributed by atoms with van der Waals surface area (Å²) in [6.07, 6.45) is -3.81. The van der Waals surface area contributed by atoms with Crippen LogP contribution < -0.4 is 15.7 Å². The Kier molecular flexibility index (Phi) is 6.89. The Bertz CT molecular complexity index is 1020. The maximum absolute atomic E-state index is 15.7. The number of halogens is 1. The van der Waals surface area contributed by atoms with Gasteiger partial charge in [-0.3, -0.25) is 15.0 Å². The molecule has 2 aromatic rings. The third-order valence-electron chi connectivity index (χ3n) is 6.97. The smallest absolute Gasteiger partial charge is 0.326 e. The van der Waals surface area contributed by atoms with Crippen molar-refractivity contribution in [2.75, 3.05) is 13.2 Å². The zero-order valence-corrected chi connectivity index (χ0v) is 21.5. The Morgan fingerprint density at radius 2 is 1.66 bits per heavy atom. The molecule has 0 unspecified atom stereocenters. The third kappa shape index (κ3) is 4.53. The summed E-state index contributed by atoms with van der Waals surface area (Å²) in [5.41, 5.74) is -2.24. The molecule has 4 atom stereocenters. The molecule has 0 saturated carbocycles. The summed E-state index contributed by atoms with van der Waals surface area (Å²) in [6.45, 7) is 7.56. The summed E-state index contributed by atoms with van der Waals surface area (Å²) in [5.74, 6) is -0.420. The molecule has 0 aliphatic carbocycles. The molecule has 7 nitrogen and oxygen atoms in total. The van der Waals surface area contributed by atoms with Crippen LogP contribution in [0.2, 0.25) is 5.04 Å². The number of carbonyl (C=O) groups excluding carboxylic acids is 2. The number of benzene rings is 2. The number of alkyl halides is 1. The molecule has 0 aromatic heterocycles. The molecule has 2 fully saturated rings. The van der Waals surface area contributed by atoms with E-state index in [1.165, 1.54) is 6.92 Å². The van der Waals surface area contributed by atoms with Crippen molar-refractivity contribution in [1.29, 1.82) is 0 Å². The fourth-order valence-corrected chi connectivity index (χ4v) is 9.73. The zero-order valence-electron chi connectivity index (χ0n) is 20.5. The summed E-state index contributed by atoms with van der Waals surface area (Å²) < 4.78 is 28.5. The Hall–Kier alpha value is -2.59. The SMILES string of the molecule is CC(C)(C)[Si](OC[C@H]1O[C@@H](N2CCC(=O)NC2=O)[C@](C)(F)[C@@H]1O)(c1ccccc1)c1ccccc1. The lowest BCUT2D eigenvalue weighted by Gasteiger charge is -2.43. The highest BCUT2D eigenvalue weighted by Crippen LogP contribution is 2.40. The first-order chi connectivity index (χ1) is 16.5. The van der Waals surface area contributed by atoms with E-state index in [0.717, 1.165) is 15.3 Å². The molecule has 0 spiro atoms. The molecule has 2 N–H and O–H groups in total. The van der Waals surface area contributed by atoms with E-state index in [-0.39, 0.29) is 24.6 Å². The fraction of sp³-hybridized carbons (Fsp3) is 0.462. The maximum Gasteiger partial charge on any atom is 0.326 e. The van der Waals surface area contributed by atoms with Crippen molar-refractivity contribution >= 4 is 30.6 Å². The number of aliphatic hydroxyl groups is 1. The monoisotopic (exact) mass is 500 g/mol. The van der Waals surface area contributed by atoms with Crippen LogP contribution in [0.3, 0.4) is 0 Å². The van der Waals surface area contributed by atoms with Gasteiger partial charge in [0.25, 0.3) is 8.32 Å². The highest BCUT2D eigenvalue weighted by molar-refractivity contribution is 6.99. The Morgan fingerprint density at radius 3 is 2.14 bits per heavy atom. The van der Waals surface area contributed by atoms with Gasteiger partial charge in [-0.25, -0.2) is 9.18 Å². The van der Waals surface area contributed by atoms with Crippen molar-refractivity contribution in [1.82, 2.24) is 10.2 Å². The first-order valence-corrected chi connectivity index (χ1v) is 13.8. The van der Waals surface area contributed by atoms with Crippen LogP contribution >= 0.6 is 0 Å². The van der Waals surface area contributed by atoms with Crippen LogP contribution in [0.5, 0.6) is 0 Å². The molecule has 9 heteroatoms. The number of hydrogen-bond donors (Lipinski definition) is 2. The standard InChI is InChI=1S/C26H33FN2O5Si/c1-25(2,3)35(18-11-7-5-8-12-18,19-13-9-6-10-14-19)33-17-20-22(31)26(4,27)23(34-20)29-16-15-21(30)28-24(29)32/h5-14,20,22-23,31H,15-17H2,1-4H3,(H,28,30,32)/t20-,22-,23-,26-/m1/s1. The van der Waals surface area contributed by atoms with Gasteiger partial charge in [-0.2, -0.15) is 0 Å². The molecule has 2 aromatic carbocycles. The number of hydrogen-bond acceptors (Lipinski definition) is 5. The number of nitrogens with zero attached hydrogens (tertiary/aromatic N) is 1. The van der Waals surface area contributed by atoms with E-state index in [9.17, 15) is 14.7 Å². The molecule has 4 rings (SSSR count). The Labute approximate surface area is 206 Å². The van der Waals surface area contributed by atoms with E-state index in [1.807, 2.05) is 60.7 Å². The van der Waals surface area contributed by atoms with Gasteiger partial charge < -0.3 is 14.3 Å². The second-order valence-electron chi connectivity index (χ2n) is 10.4. The number of rotatable bonds is 6. The lowest BCUT2D eigenvalue weighted by atomic mass is 9.97. The van der Waals surface area contributed by atoms with Gasteiger partial charge in [0.05, 0.1) is 6.61 Å². The predicted molar refractivity (Wildman–Crippen MR) is 133 cm³/mol. The number of ether oxygens (including phenoxy) is 1. The van der Waals surface area contributed by atoms with Crippen LogP contribution in [0.1, 0.15) is 34.1 Å². The lowest BCUT2D eigenvalue weighted by molar-refractivity contribution is -0.126. The number of carbonyl (C=O) groups is 2. The summed E-state index contributed by atoms with van der Waals surface area (Å²) in [6, 6.07) is 19.3. The van der Waals surface area contributed by atoms with E-state index >= 15 is 4.39 Å². The van der Waals surface area contributed by atoms with Gasteiger partial charge in [0.2, 0.25) is 5.91 Å². The molecule has 3 amide bonds. The normalized spacial score (nSPS) is 27.7. The van der Waals surface area contributed by atoms with Crippen LogP contribution in [-0.2, 0) is 14.0 Å². The third-order valence-corrected chi connectivity index (χ3v) is 12.0. The quantitative estimate of drug-likeness (QED) is 0.595. The minimum atomic E-state index is -2.93. The van der Waals surface area contributed by atoms with Gasteiger partial charge in [0, 0.05) is 13.0 Å². The molecule has 2 aliphatic heterocycles. The van der Waals surface area contributed by atoms with Gasteiger partial charge in [0.15, 0.2) is 11.9 Å². The van der Waals surface area contributed by atoms with Crippen LogP contribution in [0, 0.1) is 0 Å². The molecule has 2 saturated heterocycles. The number of nitrogens with one attached hydrogen (secondary N) is 1. The molecule has 0 radical (unpaired) electrons. The van der Waals surface area contributed by atoms with Crippen LogP contribution in [-0.4, -0.2) is 67.5 Å². The van der Waals surface area contributed by atoms with E-state index in [2.05, 4.69) is 26.1 Å². The second kappa shape index (κ2) is 9.46. The van der Waals surface area contributed by atoms with E-state index in [1.54, 1.807) is 0 Å². The minimum absolute atomic E-state index is 0.0177. The van der Waals surface area contributed by atoms with Gasteiger partial charge >= 0.3 is 6.03 Å². The average Bonchev–Trinajstić information content (AvgIpc) is 3.03. The minimum Gasteiger partial charge on any atom is -0.405 e. The summed E-state index contributed by atoms with van der Waals surface area (Å²) in [7, 11) is -2.93. The molecular formula is C26H33FN2O5Si. The number of amides is 3. The summed E-state index contributed by atoms with van der Waals surface area (Å²) >= 11 is 0. The lowest BCUT2D eigenvalue weighted by Crippen LogP contribution is -2.67. The van der Waals surface area contributed by atoms with Crippen molar-refractivity contribution in [3.63, 3.8) is 0 Å². The van der Waals surface area contributed by atoms with Crippen LogP contribution in [0.25, 0.3) is 0 Å².